The molecule has 6 nitrogen and oxygen atoms in total. The third-order valence-electron chi connectivity index (χ3n) is 4.67. The van der Waals surface area contributed by atoms with Gasteiger partial charge in [0.1, 0.15) is 23.1 Å². The van der Waals surface area contributed by atoms with E-state index in [9.17, 15) is 4.79 Å². The van der Waals surface area contributed by atoms with Gasteiger partial charge in [0.25, 0.3) is 0 Å². The monoisotopic (exact) mass is 453 g/mol. The Hall–Kier alpha value is -1.73. The molecule has 0 saturated heterocycles. The van der Waals surface area contributed by atoms with Crippen LogP contribution in [-0.4, -0.2) is 33.3 Å². The zero-order valence-electron chi connectivity index (χ0n) is 15.4. The topological polar surface area (TPSA) is 67.5 Å². The van der Waals surface area contributed by atoms with Crippen LogP contribution in [0, 0.1) is 0 Å². The summed E-state index contributed by atoms with van der Waals surface area (Å²) in [6.07, 6.45) is 0.911. The predicted molar refractivity (Wildman–Crippen MR) is 105 cm³/mol. The third-order valence-corrected chi connectivity index (χ3v) is 5.48. The van der Waals surface area contributed by atoms with Crippen LogP contribution in [0.1, 0.15) is 49.4 Å². The molecule has 27 heavy (non-hydrogen) atoms. The minimum atomic E-state index is -0.516. The lowest BCUT2D eigenvalue weighted by atomic mass is 10.0. The Morgan fingerprint density at radius 3 is 2.96 bits per heavy atom. The molecule has 2 aliphatic heterocycles. The molecule has 3 heterocycles. The Morgan fingerprint density at radius 2 is 2.22 bits per heavy atom. The van der Waals surface area contributed by atoms with E-state index in [0.29, 0.717) is 24.5 Å². The summed E-state index contributed by atoms with van der Waals surface area (Å²) in [5.41, 5.74) is 3.46. The van der Waals surface area contributed by atoms with Crippen LogP contribution in [-0.2, 0) is 24.1 Å². The average Bonchev–Trinajstić information content (AvgIpc) is 3.16. The second-order valence-electron chi connectivity index (χ2n) is 7.90. The first kappa shape index (κ1) is 18.6. The standard InChI is InChI=1S/C19H21BrClN3O3/c1-19(2,3)27-18(25)24-5-4-14-12(9-24)16(23-22-14)15-7-10-6-11(21)8-13(20)17(10)26-15/h6,8,15H,4-5,7,9H2,1-3H3,(H,22,23). The highest BCUT2D eigenvalue weighted by Crippen LogP contribution is 2.44. The van der Waals surface area contributed by atoms with Crippen LogP contribution < -0.4 is 4.74 Å². The summed E-state index contributed by atoms with van der Waals surface area (Å²) in [5.74, 6) is 0.806. The molecule has 1 unspecified atom stereocenters. The number of aromatic amines is 1. The minimum Gasteiger partial charge on any atom is -0.482 e. The molecule has 1 aromatic heterocycles. The lowest BCUT2D eigenvalue weighted by Gasteiger charge is -2.30. The number of carbonyl (C=O) groups excluding carboxylic acids is 1. The smallest absolute Gasteiger partial charge is 0.410 e. The second-order valence-corrected chi connectivity index (χ2v) is 9.20. The van der Waals surface area contributed by atoms with Gasteiger partial charge in [0.05, 0.1) is 11.0 Å². The van der Waals surface area contributed by atoms with Crippen LogP contribution in [0.25, 0.3) is 0 Å². The first-order valence-electron chi connectivity index (χ1n) is 8.90. The number of nitrogens with one attached hydrogen (secondary N) is 1. The van der Waals surface area contributed by atoms with E-state index in [0.717, 1.165) is 39.2 Å². The van der Waals surface area contributed by atoms with Gasteiger partial charge in [-0.05, 0) is 48.8 Å². The van der Waals surface area contributed by atoms with Crippen LogP contribution >= 0.6 is 27.5 Å². The average molecular weight is 455 g/mol. The molecular weight excluding hydrogens is 434 g/mol. The van der Waals surface area contributed by atoms with E-state index in [2.05, 4.69) is 26.1 Å². The van der Waals surface area contributed by atoms with Gasteiger partial charge in [-0.2, -0.15) is 5.10 Å². The van der Waals surface area contributed by atoms with Crippen molar-refractivity contribution in [3.05, 3.63) is 44.1 Å². The Labute approximate surface area is 171 Å². The van der Waals surface area contributed by atoms with Crippen LogP contribution in [0.4, 0.5) is 4.79 Å². The lowest BCUT2D eigenvalue weighted by molar-refractivity contribution is 0.0222. The summed E-state index contributed by atoms with van der Waals surface area (Å²) in [5, 5.41) is 8.29. The maximum Gasteiger partial charge on any atom is 0.410 e. The number of H-pyrrole nitrogens is 1. The Balaban J connectivity index is 1.56. The maximum atomic E-state index is 12.5. The molecule has 4 rings (SSSR count). The lowest BCUT2D eigenvalue weighted by Crippen LogP contribution is -2.40. The number of hydrogen-bond donors (Lipinski definition) is 1. The zero-order chi connectivity index (χ0) is 19.3. The van der Waals surface area contributed by atoms with Gasteiger partial charge in [-0.3, -0.25) is 5.10 Å². The van der Waals surface area contributed by atoms with Crippen LogP contribution in [0.3, 0.4) is 0 Å². The van der Waals surface area contributed by atoms with Crippen molar-refractivity contribution in [3.63, 3.8) is 0 Å². The number of carbonyl (C=O) groups is 1. The number of hydrogen-bond acceptors (Lipinski definition) is 4. The van der Waals surface area contributed by atoms with E-state index in [1.165, 1.54) is 0 Å². The van der Waals surface area contributed by atoms with Gasteiger partial charge in [-0.15, -0.1) is 0 Å². The van der Waals surface area contributed by atoms with Crippen molar-refractivity contribution in [2.24, 2.45) is 0 Å². The fraction of sp³-hybridized carbons (Fsp3) is 0.474. The van der Waals surface area contributed by atoms with Crippen molar-refractivity contribution >= 4 is 33.6 Å². The summed E-state index contributed by atoms with van der Waals surface area (Å²) >= 11 is 9.67. The molecule has 2 aliphatic rings. The van der Waals surface area contributed by atoms with E-state index in [-0.39, 0.29) is 12.2 Å². The number of rotatable bonds is 1. The summed E-state index contributed by atoms with van der Waals surface area (Å²) < 4.78 is 12.5. The van der Waals surface area contributed by atoms with E-state index < -0.39 is 5.60 Å². The van der Waals surface area contributed by atoms with E-state index in [1.54, 1.807) is 4.90 Å². The summed E-state index contributed by atoms with van der Waals surface area (Å²) in [6.45, 7) is 6.69. The molecule has 0 radical (unpaired) electrons. The highest BCUT2D eigenvalue weighted by molar-refractivity contribution is 9.10. The quantitative estimate of drug-likeness (QED) is 0.672. The second kappa shape index (κ2) is 6.71. The molecule has 8 heteroatoms. The summed E-state index contributed by atoms with van der Waals surface area (Å²) in [4.78, 5) is 14.2. The molecule has 0 bridgehead atoms. The van der Waals surface area contributed by atoms with E-state index in [1.807, 2.05) is 32.9 Å². The first-order valence-corrected chi connectivity index (χ1v) is 10.1. The Morgan fingerprint density at radius 1 is 1.44 bits per heavy atom. The number of aromatic nitrogens is 2. The van der Waals surface area contributed by atoms with Gasteiger partial charge < -0.3 is 14.4 Å². The van der Waals surface area contributed by atoms with Crippen molar-refractivity contribution in [1.29, 1.82) is 0 Å². The van der Waals surface area contributed by atoms with Gasteiger partial charge in [0, 0.05) is 41.2 Å². The van der Waals surface area contributed by atoms with Gasteiger partial charge in [0.15, 0.2) is 0 Å². The van der Waals surface area contributed by atoms with Crippen molar-refractivity contribution in [2.75, 3.05) is 6.54 Å². The fourth-order valence-electron chi connectivity index (χ4n) is 3.50. The van der Waals surface area contributed by atoms with Crippen molar-refractivity contribution in [1.82, 2.24) is 15.1 Å². The van der Waals surface area contributed by atoms with Crippen molar-refractivity contribution < 1.29 is 14.3 Å². The number of ether oxygens (including phenoxy) is 2. The van der Waals surface area contributed by atoms with Crippen molar-refractivity contribution in [2.45, 2.75) is 51.9 Å². The normalized spacial score (nSPS) is 18.7. The molecule has 1 amide bonds. The molecule has 1 aromatic carbocycles. The van der Waals surface area contributed by atoms with Crippen LogP contribution in [0.15, 0.2) is 16.6 Å². The highest BCUT2D eigenvalue weighted by Gasteiger charge is 2.34. The van der Waals surface area contributed by atoms with Gasteiger partial charge >= 0.3 is 6.09 Å². The summed E-state index contributed by atoms with van der Waals surface area (Å²) in [7, 11) is 0. The number of halogens is 2. The molecule has 1 atom stereocenters. The van der Waals surface area contributed by atoms with Crippen molar-refractivity contribution in [3.8, 4) is 5.75 Å². The number of nitrogens with zero attached hydrogens (tertiary/aromatic N) is 2. The molecule has 144 valence electrons. The summed E-state index contributed by atoms with van der Waals surface area (Å²) in [6, 6.07) is 3.75. The highest BCUT2D eigenvalue weighted by atomic mass is 79.9. The SMILES string of the molecule is CC(C)(C)OC(=O)N1CCc2[nH]nc(C3Cc4cc(Cl)cc(Br)c4O3)c2C1. The number of benzene rings is 1. The molecule has 1 N–H and O–H groups in total. The molecule has 0 fully saturated rings. The fourth-order valence-corrected chi connectivity index (χ4v) is 4.47. The van der Waals surface area contributed by atoms with E-state index in [4.69, 9.17) is 21.1 Å². The predicted octanol–water partition coefficient (Wildman–Crippen LogP) is 4.80. The van der Waals surface area contributed by atoms with Gasteiger partial charge in [-0.1, -0.05) is 11.6 Å². The maximum absolute atomic E-state index is 12.5. The third kappa shape index (κ3) is 3.67. The van der Waals surface area contributed by atoms with Gasteiger partial charge in [0.2, 0.25) is 0 Å². The molecular formula is C19H21BrClN3O3. The number of amides is 1. The zero-order valence-corrected chi connectivity index (χ0v) is 17.8. The largest absolute Gasteiger partial charge is 0.482 e. The Kier molecular flexibility index (Phi) is 4.63. The van der Waals surface area contributed by atoms with Crippen LogP contribution in [0.2, 0.25) is 5.02 Å². The van der Waals surface area contributed by atoms with Crippen LogP contribution in [0.5, 0.6) is 5.75 Å². The molecule has 0 spiro atoms. The van der Waals surface area contributed by atoms with Gasteiger partial charge in [-0.25, -0.2) is 4.79 Å². The van der Waals surface area contributed by atoms with E-state index >= 15 is 0 Å². The first-order chi connectivity index (χ1) is 12.7. The molecule has 0 saturated carbocycles. The minimum absolute atomic E-state index is 0.201. The number of fused-ring (bicyclic) bond motifs is 2. The Bertz CT molecular complexity index is 906. The molecule has 2 aromatic rings. The molecule has 0 aliphatic carbocycles.